The van der Waals surface area contributed by atoms with Crippen LogP contribution in [0.25, 0.3) is 33.4 Å². The van der Waals surface area contributed by atoms with E-state index < -0.39 is 5.54 Å². The summed E-state index contributed by atoms with van der Waals surface area (Å²) in [6, 6.07) is 15.0. The van der Waals surface area contributed by atoms with E-state index in [0.717, 1.165) is 41.5 Å². The van der Waals surface area contributed by atoms with Gasteiger partial charge in [0.2, 0.25) is 0 Å². The summed E-state index contributed by atoms with van der Waals surface area (Å²) in [5, 5.41) is 6.56. The molecule has 0 bridgehead atoms. The molecule has 2 heterocycles. The summed E-state index contributed by atoms with van der Waals surface area (Å²) in [7, 11) is 7.20. The number of hydrogen-bond acceptors (Lipinski definition) is 6. The van der Waals surface area contributed by atoms with E-state index in [2.05, 4.69) is 15.6 Å². The summed E-state index contributed by atoms with van der Waals surface area (Å²) in [4.78, 5) is 30.1. The number of ether oxygens (including phenoxy) is 1. The number of amides is 1. The van der Waals surface area contributed by atoms with Crippen LogP contribution >= 0.6 is 0 Å². The second-order valence-electron chi connectivity index (χ2n) is 10.5. The summed E-state index contributed by atoms with van der Waals surface area (Å²) < 4.78 is 26.9. The molecule has 1 aliphatic carbocycles. The van der Waals surface area contributed by atoms with Crippen molar-refractivity contribution in [2.24, 2.45) is 7.05 Å². The molecule has 2 N–H and O–H groups in total. The first-order chi connectivity index (χ1) is 20.2. The molecule has 1 saturated carbocycles. The zero-order valence-corrected chi connectivity index (χ0v) is 24.2. The van der Waals surface area contributed by atoms with E-state index in [1.54, 1.807) is 31.6 Å². The van der Waals surface area contributed by atoms with Gasteiger partial charge in [0.25, 0.3) is 5.91 Å². The zero-order valence-electron chi connectivity index (χ0n) is 24.2. The van der Waals surface area contributed by atoms with E-state index in [1.807, 2.05) is 63.1 Å². The van der Waals surface area contributed by atoms with Crippen molar-refractivity contribution in [1.29, 1.82) is 0 Å². The van der Waals surface area contributed by atoms with Crippen LogP contribution in [-0.2, 0) is 12.6 Å². The lowest BCUT2D eigenvalue weighted by Gasteiger charge is -2.18. The normalized spacial score (nSPS) is 13.3. The smallest absolute Gasteiger partial charge is 0.255 e. The summed E-state index contributed by atoms with van der Waals surface area (Å²) in [6.45, 7) is 1.94. The number of aryl methyl sites for hydroxylation is 2. The Morgan fingerprint density at radius 3 is 2.38 bits per heavy atom. The highest BCUT2D eigenvalue weighted by molar-refractivity contribution is 6.04. The molecule has 0 radical (unpaired) electrons. The Balaban J connectivity index is 0.00000113. The van der Waals surface area contributed by atoms with Crippen LogP contribution in [0.3, 0.4) is 0 Å². The van der Waals surface area contributed by atoms with Crippen molar-refractivity contribution in [3.63, 3.8) is 0 Å². The van der Waals surface area contributed by atoms with Crippen molar-refractivity contribution in [2.45, 2.75) is 25.3 Å². The molecular weight excluding hydrogens is 535 g/mol. The van der Waals surface area contributed by atoms with Gasteiger partial charge in [-0.25, -0.2) is 9.37 Å². The first-order valence-electron chi connectivity index (χ1n) is 13.6. The Bertz CT molecular complexity index is 1770. The third-order valence-corrected chi connectivity index (χ3v) is 7.35. The van der Waals surface area contributed by atoms with Crippen LogP contribution in [0.4, 0.5) is 4.39 Å². The minimum absolute atomic E-state index is 0.243. The lowest BCUT2D eigenvalue weighted by molar-refractivity contribution is 0.0926. The molecular formula is C33H33FN4O4. The Kier molecular flexibility index (Phi) is 7.95. The number of nitrogens with one attached hydrogen (secondary N) is 2. The fourth-order valence-electron chi connectivity index (χ4n) is 5.07. The van der Waals surface area contributed by atoms with Crippen LogP contribution in [0.5, 0.6) is 5.75 Å². The molecule has 0 saturated heterocycles. The molecule has 1 fully saturated rings. The van der Waals surface area contributed by atoms with Gasteiger partial charge in [0.05, 0.1) is 35.8 Å². The van der Waals surface area contributed by atoms with Gasteiger partial charge in [0, 0.05) is 24.2 Å². The van der Waals surface area contributed by atoms with Crippen LogP contribution in [0.2, 0.25) is 0 Å². The summed E-state index contributed by atoms with van der Waals surface area (Å²) >= 11 is 0. The third kappa shape index (κ3) is 5.43. The lowest BCUT2D eigenvalue weighted by atomic mass is 9.95. The van der Waals surface area contributed by atoms with Crippen molar-refractivity contribution in [3.8, 4) is 28.2 Å². The molecule has 0 atom stereocenters. The second kappa shape index (κ2) is 11.6. The Morgan fingerprint density at radius 1 is 1.10 bits per heavy atom. The number of nitrogens with zero attached hydrogens (tertiary/aromatic N) is 2. The number of rotatable bonds is 7. The Hall–Kier alpha value is -4.76. The van der Waals surface area contributed by atoms with Crippen molar-refractivity contribution < 1.29 is 23.1 Å². The molecule has 216 valence electrons. The molecule has 42 heavy (non-hydrogen) atoms. The van der Waals surface area contributed by atoms with Crippen LogP contribution < -0.4 is 15.4 Å². The van der Waals surface area contributed by atoms with E-state index in [1.165, 1.54) is 12.1 Å². The molecule has 0 aliphatic heterocycles. The number of methoxy groups -OCH3 is 1. The van der Waals surface area contributed by atoms with E-state index in [4.69, 9.17) is 9.15 Å². The summed E-state index contributed by atoms with van der Waals surface area (Å²) in [5.74, 6) is 0.245. The molecule has 1 amide bonds. The number of carbonyl (C=O) groups is 2. The maximum atomic E-state index is 13.5. The molecule has 0 spiro atoms. The second-order valence-corrected chi connectivity index (χ2v) is 10.5. The fraction of sp³-hybridized carbons (Fsp3) is 0.242. The molecule has 6 rings (SSSR count). The van der Waals surface area contributed by atoms with Gasteiger partial charge in [-0.1, -0.05) is 6.07 Å². The van der Waals surface area contributed by atoms with Crippen molar-refractivity contribution in [3.05, 3.63) is 95.3 Å². The average Bonchev–Trinajstić information content (AvgIpc) is 3.46. The number of aromatic nitrogens is 2. The van der Waals surface area contributed by atoms with E-state index in [9.17, 15) is 14.0 Å². The monoisotopic (exact) mass is 568 g/mol. The van der Waals surface area contributed by atoms with Crippen LogP contribution in [-0.4, -0.2) is 42.9 Å². The number of imidazole rings is 1. The Morgan fingerprint density at radius 2 is 1.79 bits per heavy atom. The minimum atomic E-state index is -0.472. The first kappa shape index (κ1) is 28.8. The van der Waals surface area contributed by atoms with Crippen LogP contribution in [0, 0.1) is 12.7 Å². The van der Waals surface area contributed by atoms with Gasteiger partial charge in [-0.3, -0.25) is 9.59 Å². The van der Waals surface area contributed by atoms with Crippen LogP contribution in [0.15, 0.2) is 71.5 Å². The van der Waals surface area contributed by atoms with Crippen molar-refractivity contribution in [2.75, 3.05) is 21.2 Å². The van der Waals surface area contributed by atoms with E-state index >= 15 is 0 Å². The fourth-order valence-corrected chi connectivity index (χ4v) is 5.07. The van der Waals surface area contributed by atoms with Gasteiger partial charge in [-0.15, -0.1) is 0 Å². The Labute approximate surface area is 243 Å². The standard InChI is InChI=1S/C31H26FN3O4.C2H7N/c1-18-12-27(38-3)24(30(37)34-31(10-11-31)28-15-35(2)17-33-28)14-22(18)20-6-9-26-23(13-20)25(16-36)29(39-26)19-4-7-21(32)8-5-19;1-3-2/h4-9,12-17H,10-11H2,1-3H3,(H,34,37);3H,1-2H3. The number of furan rings is 1. The number of halogens is 1. The highest BCUT2D eigenvalue weighted by Gasteiger charge is 2.48. The van der Waals surface area contributed by atoms with Gasteiger partial charge in [0.15, 0.2) is 6.29 Å². The predicted octanol–water partition coefficient (Wildman–Crippen LogP) is 6.02. The molecule has 9 heteroatoms. The molecule has 5 aromatic rings. The van der Waals surface area contributed by atoms with E-state index in [0.29, 0.717) is 39.2 Å². The highest BCUT2D eigenvalue weighted by atomic mass is 19.1. The van der Waals surface area contributed by atoms with Crippen LogP contribution in [0.1, 0.15) is 44.8 Å². The van der Waals surface area contributed by atoms with Gasteiger partial charge in [-0.2, -0.15) is 0 Å². The maximum Gasteiger partial charge on any atom is 0.255 e. The number of benzene rings is 3. The largest absolute Gasteiger partial charge is 0.496 e. The van der Waals surface area contributed by atoms with Crippen molar-refractivity contribution in [1.82, 2.24) is 20.2 Å². The minimum Gasteiger partial charge on any atom is -0.496 e. The third-order valence-electron chi connectivity index (χ3n) is 7.35. The summed E-state index contributed by atoms with van der Waals surface area (Å²) in [6.07, 6.45) is 6.04. The molecule has 8 nitrogen and oxygen atoms in total. The van der Waals surface area contributed by atoms with Crippen molar-refractivity contribution >= 4 is 23.2 Å². The zero-order chi connectivity index (χ0) is 30.0. The number of carbonyl (C=O) groups excluding carboxylic acids is 2. The predicted molar refractivity (Wildman–Crippen MR) is 160 cm³/mol. The number of hydrogen-bond donors (Lipinski definition) is 2. The maximum absolute atomic E-state index is 13.5. The molecule has 0 unspecified atom stereocenters. The average molecular weight is 569 g/mol. The highest BCUT2D eigenvalue weighted by Crippen LogP contribution is 2.45. The lowest BCUT2D eigenvalue weighted by Crippen LogP contribution is -2.35. The number of aldehydes is 1. The molecule has 3 aromatic carbocycles. The van der Waals surface area contributed by atoms with Gasteiger partial charge >= 0.3 is 0 Å². The summed E-state index contributed by atoms with van der Waals surface area (Å²) in [5.41, 5.74) is 4.86. The topological polar surface area (TPSA) is 98.4 Å². The van der Waals surface area contributed by atoms with Gasteiger partial charge in [0.1, 0.15) is 22.9 Å². The van der Waals surface area contributed by atoms with Gasteiger partial charge < -0.3 is 24.4 Å². The SMILES string of the molecule is CNC.COc1cc(C)c(-c2ccc3oc(-c4ccc(F)cc4)c(C=O)c3c2)cc1C(=O)NC1(c2cn(C)cn2)CC1. The first-order valence-corrected chi connectivity index (χ1v) is 13.6. The molecule has 1 aliphatic rings. The van der Waals surface area contributed by atoms with E-state index in [-0.39, 0.29) is 11.7 Å². The number of fused-ring (bicyclic) bond motifs is 1. The molecule has 2 aromatic heterocycles. The quantitative estimate of drug-likeness (QED) is 0.233. The van der Waals surface area contributed by atoms with Gasteiger partial charge in [-0.05, 0) is 99.1 Å².